The van der Waals surface area contributed by atoms with Gasteiger partial charge in [0.2, 0.25) is 11.7 Å². The minimum absolute atomic E-state index is 0.142. The van der Waals surface area contributed by atoms with Crippen molar-refractivity contribution in [1.29, 1.82) is 0 Å². The van der Waals surface area contributed by atoms with Crippen LogP contribution in [0.4, 0.5) is 5.69 Å². The number of nitrogens with one attached hydrogen (secondary N) is 2. The van der Waals surface area contributed by atoms with E-state index in [1.807, 2.05) is 24.3 Å². The predicted molar refractivity (Wildman–Crippen MR) is 134 cm³/mol. The molecular formula is C25H24ClN5O4. The van der Waals surface area contributed by atoms with Crippen molar-refractivity contribution in [3.63, 3.8) is 0 Å². The molecule has 0 atom stereocenters. The molecule has 0 aliphatic rings. The van der Waals surface area contributed by atoms with E-state index < -0.39 is 0 Å². The van der Waals surface area contributed by atoms with Gasteiger partial charge in [0.1, 0.15) is 5.75 Å². The molecule has 0 aliphatic heterocycles. The van der Waals surface area contributed by atoms with Crippen LogP contribution in [0.25, 0.3) is 28.6 Å². The first kappa shape index (κ1) is 24.2. The van der Waals surface area contributed by atoms with Gasteiger partial charge in [0.25, 0.3) is 0 Å². The monoisotopic (exact) mass is 493 g/mol. The van der Waals surface area contributed by atoms with Gasteiger partial charge in [-0.3, -0.25) is 9.59 Å². The number of benzene rings is 2. The maximum atomic E-state index is 12.6. The number of hydrogen-bond donors (Lipinski definition) is 2. The Labute approximate surface area is 206 Å². The van der Waals surface area contributed by atoms with Gasteiger partial charge in [-0.1, -0.05) is 31.0 Å². The summed E-state index contributed by atoms with van der Waals surface area (Å²) in [6.07, 6.45) is 7.34. The number of unbranched alkanes of at least 4 members (excludes halogenated alkanes) is 3. The van der Waals surface area contributed by atoms with Crippen molar-refractivity contribution in [1.82, 2.24) is 20.6 Å². The molecule has 1 amide bonds. The summed E-state index contributed by atoms with van der Waals surface area (Å²) in [6.45, 7) is 0.662. The second-order valence-corrected chi connectivity index (χ2v) is 8.11. The number of carbonyl (C=O) groups excluding carboxylic acids is 1. The molecule has 0 saturated heterocycles. The molecule has 2 heterocycles. The molecular weight excluding hydrogens is 470 g/mol. The van der Waals surface area contributed by atoms with E-state index in [1.165, 1.54) is 12.1 Å². The molecule has 0 fully saturated rings. The molecule has 2 N–H and O–H groups in total. The summed E-state index contributed by atoms with van der Waals surface area (Å²) in [5.74, 6) is 1.40. The topological polar surface area (TPSA) is 123 Å². The number of aromatic nitrogens is 4. The highest BCUT2D eigenvalue weighted by molar-refractivity contribution is 6.17. The number of fused-ring (bicyclic) bond motifs is 1. The zero-order chi connectivity index (χ0) is 24.5. The van der Waals surface area contributed by atoms with E-state index in [4.69, 9.17) is 20.8 Å². The number of para-hydroxylation sites is 1. The van der Waals surface area contributed by atoms with E-state index in [1.54, 1.807) is 24.3 Å². The quantitative estimate of drug-likeness (QED) is 0.175. The number of anilines is 1. The molecule has 0 unspecified atom stereocenters. The normalized spacial score (nSPS) is 11.2. The van der Waals surface area contributed by atoms with Gasteiger partial charge in [-0.15, -0.1) is 21.8 Å². The van der Waals surface area contributed by atoms with Crippen molar-refractivity contribution >= 4 is 40.2 Å². The van der Waals surface area contributed by atoms with Crippen LogP contribution in [0.1, 0.15) is 31.2 Å². The van der Waals surface area contributed by atoms with Crippen molar-refractivity contribution in [3.05, 3.63) is 70.4 Å². The van der Waals surface area contributed by atoms with Crippen LogP contribution >= 0.6 is 11.6 Å². The van der Waals surface area contributed by atoms with Crippen LogP contribution in [-0.4, -0.2) is 39.0 Å². The predicted octanol–water partition coefficient (Wildman–Crippen LogP) is 4.80. The molecule has 0 radical (unpaired) electrons. The number of hydrogen-bond acceptors (Lipinski definition) is 7. The second kappa shape index (κ2) is 11.9. The summed E-state index contributed by atoms with van der Waals surface area (Å²) < 4.78 is 11.6. The largest absolute Gasteiger partial charge is 0.494 e. The van der Waals surface area contributed by atoms with E-state index in [-0.39, 0.29) is 28.5 Å². The van der Waals surface area contributed by atoms with Gasteiger partial charge in [-0.2, -0.15) is 5.21 Å². The van der Waals surface area contributed by atoms with Crippen LogP contribution in [0.3, 0.4) is 0 Å². The molecule has 0 aliphatic carbocycles. The molecule has 0 saturated carbocycles. The average Bonchev–Trinajstić information content (AvgIpc) is 3.41. The molecule has 0 bridgehead atoms. The fraction of sp³-hybridized carbons (Fsp3) is 0.240. The third kappa shape index (κ3) is 6.54. The lowest BCUT2D eigenvalue weighted by atomic mass is 10.2. The first-order valence-electron chi connectivity index (χ1n) is 11.2. The number of rotatable bonds is 11. The van der Waals surface area contributed by atoms with Crippen LogP contribution in [0, 0.1) is 0 Å². The zero-order valence-electron chi connectivity index (χ0n) is 18.9. The van der Waals surface area contributed by atoms with Crippen molar-refractivity contribution < 1.29 is 13.9 Å². The number of nitrogens with zero attached hydrogens (tertiary/aromatic N) is 3. The Bertz CT molecular complexity index is 1350. The van der Waals surface area contributed by atoms with Crippen molar-refractivity contribution in [2.45, 2.75) is 25.7 Å². The number of alkyl halides is 1. The summed E-state index contributed by atoms with van der Waals surface area (Å²) in [6, 6.07) is 13.7. The summed E-state index contributed by atoms with van der Waals surface area (Å²) >= 11 is 5.68. The van der Waals surface area contributed by atoms with Gasteiger partial charge in [0.05, 0.1) is 17.7 Å². The van der Waals surface area contributed by atoms with Crippen molar-refractivity contribution in [2.24, 2.45) is 0 Å². The minimum Gasteiger partial charge on any atom is -0.494 e. The Morgan fingerprint density at radius 3 is 2.71 bits per heavy atom. The SMILES string of the molecule is O=C(C=Cc1ccc(OCCCCCCCl)cc1)Nc1cccc2c(=O)cc(-c3nn[nH]n3)oc12. The number of amides is 1. The lowest BCUT2D eigenvalue weighted by Gasteiger charge is -2.07. The Balaban J connectivity index is 1.39. The van der Waals surface area contributed by atoms with Crippen LogP contribution < -0.4 is 15.5 Å². The zero-order valence-corrected chi connectivity index (χ0v) is 19.6. The standard InChI is InChI=1S/C25H24ClN5O4/c26-14-3-1-2-4-15-34-18-11-8-17(9-12-18)10-13-23(33)27-20-7-5-6-19-21(32)16-22(35-24(19)20)25-28-30-31-29-25/h5-13,16H,1-4,14-15H2,(H,27,33)(H,28,29,30,31). The van der Waals surface area contributed by atoms with Gasteiger partial charge in [-0.05, 0) is 54.0 Å². The third-order valence-electron chi connectivity index (χ3n) is 5.18. The van der Waals surface area contributed by atoms with Gasteiger partial charge < -0.3 is 14.5 Å². The second-order valence-electron chi connectivity index (χ2n) is 7.74. The maximum Gasteiger partial charge on any atom is 0.248 e. The van der Waals surface area contributed by atoms with E-state index >= 15 is 0 Å². The Hall–Kier alpha value is -3.98. The number of tetrazole rings is 1. The lowest BCUT2D eigenvalue weighted by molar-refractivity contribution is -0.111. The highest BCUT2D eigenvalue weighted by Gasteiger charge is 2.14. The first-order valence-corrected chi connectivity index (χ1v) is 11.8. The molecule has 9 nitrogen and oxygen atoms in total. The molecule has 10 heteroatoms. The Morgan fingerprint density at radius 1 is 1.11 bits per heavy atom. The lowest BCUT2D eigenvalue weighted by Crippen LogP contribution is -2.09. The number of ether oxygens (including phenoxy) is 1. The molecule has 0 spiro atoms. The van der Waals surface area contributed by atoms with E-state index in [2.05, 4.69) is 25.9 Å². The van der Waals surface area contributed by atoms with Crippen LogP contribution in [0.15, 0.2) is 63.8 Å². The molecule has 35 heavy (non-hydrogen) atoms. The number of aromatic amines is 1. The van der Waals surface area contributed by atoms with E-state index in [0.29, 0.717) is 23.6 Å². The summed E-state index contributed by atoms with van der Waals surface area (Å²) in [4.78, 5) is 25.1. The third-order valence-corrected chi connectivity index (χ3v) is 5.45. The minimum atomic E-state index is -0.373. The Kier molecular flexibility index (Phi) is 8.24. The van der Waals surface area contributed by atoms with E-state index in [0.717, 1.165) is 37.0 Å². The summed E-state index contributed by atoms with van der Waals surface area (Å²) in [5, 5.41) is 16.5. The van der Waals surface area contributed by atoms with Gasteiger partial charge in [0, 0.05) is 18.0 Å². The molecule has 2 aromatic carbocycles. The molecule has 4 aromatic rings. The molecule has 2 aromatic heterocycles. The summed E-state index contributed by atoms with van der Waals surface area (Å²) in [7, 11) is 0. The number of H-pyrrole nitrogens is 1. The Morgan fingerprint density at radius 2 is 1.94 bits per heavy atom. The first-order chi connectivity index (χ1) is 17.1. The highest BCUT2D eigenvalue weighted by Crippen LogP contribution is 2.25. The van der Waals surface area contributed by atoms with E-state index in [9.17, 15) is 9.59 Å². The van der Waals surface area contributed by atoms with Gasteiger partial charge in [0.15, 0.2) is 16.8 Å². The summed E-state index contributed by atoms with van der Waals surface area (Å²) in [5.41, 5.74) is 1.15. The number of halogens is 1. The number of carbonyl (C=O) groups is 1. The van der Waals surface area contributed by atoms with Gasteiger partial charge in [-0.25, -0.2) is 0 Å². The van der Waals surface area contributed by atoms with Gasteiger partial charge >= 0.3 is 0 Å². The fourth-order valence-corrected chi connectivity index (χ4v) is 3.60. The molecule has 180 valence electrons. The molecule has 4 rings (SSSR count). The smallest absolute Gasteiger partial charge is 0.248 e. The fourth-order valence-electron chi connectivity index (χ4n) is 3.41. The average molecular weight is 494 g/mol. The van der Waals surface area contributed by atoms with Crippen molar-refractivity contribution in [3.8, 4) is 17.3 Å². The van der Waals surface area contributed by atoms with Crippen LogP contribution in [-0.2, 0) is 4.79 Å². The maximum absolute atomic E-state index is 12.6. The van der Waals surface area contributed by atoms with Crippen LogP contribution in [0.2, 0.25) is 0 Å². The van der Waals surface area contributed by atoms with Crippen LogP contribution in [0.5, 0.6) is 5.75 Å². The highest BCUT2D eigenvalue weighted by atomic mass is 35.5. The van der Waals surface area contributed by atoms with Crippen molar-refractivity contribution in [2.75, 3.05) is 17.8 Å².